The number of carbonyl (C=O) groups is 1. The van der Waals surface area contributed by atoms with Crippen LogP contribution in [0.4, 0.5) is 5.69 Å². The number of hydrogen-bond donors (Lipinski definition) is 1. The molecule has 2 aromatic rings. The summed E-state index contributed by atoms with van der Waals surface area (Å²) in [6.45, 7) is 0.790. The Morgan fingerprint density at radius 3 is 2.48 bits per heavy atom. The van der Waals surface area contributed by atoms with Gasteiger partial charge in [0.2, 0.25) is 5.91 Å². The average molecular weight is 453 g/mol. The Balaban J connectivity index is 1.81. The number of anilines is 1. The van der Waals surface area contributed by atoms with Crippen LogP contribution in [0.25, 0.3) is 0 Å². The number of nitrogens with one attached hydrogen (secondary N) is 1. The maximum atomic E-state index is 13.1. The molecule has 0 saturated carbocycles. The van der Waals surface area contributed by atoms with Crippen LogP contribution in [0.5, 0.6) is 0 Å². The molecule has 6 nitrogen and oxygen atoms in total. The smallest absolute Gasteiger partial charge is 0.264 e. The second-order valence-corrected chi connectivity index (χ2v) is 9.02. The van der Waals surface area contributed by atoms with Crippen molar-refractivity contribution in [3.05, 3.63) is 59.1 Å². The van der Waals surface area contributed by atoms with Gasteiger partial charge in [-0.25, -0.2) is 8.42 Å². The van der Waals surface area contributed by atoms with Gasteiger partial charge in [0.15, 0.2) is 0 Å². The summed E-state index contributed by atoms with van der Waals surface area (Å²) < 4.78 is 33.7. The fraction of sp³-hybridized carbons (Fsp3) is 0.316. The second kappa shape index (κ2) is 8.86. The van der Waals surface area contributed by atoms with E-state index >= 15 is 0 Å². The molecule has 3 rings (SSSR count). The Morgan fingerprint density at radius 1 is 1.15 bits per heavy atom. The summed E-state index contributed by atoms with van der Waals surface area (Å²) in [7, 11) is -3.87. The number of rotatable bonds is 7. The Morgan fingerprint density at radius 2 is 1.85 bits per heavy atom. The maximum absolute atomic E-state index is 13.1. The first-order valence-electron chi connectivity index (χ1n) is 8.68. The van der Waals surface area contributed by atoms with Crippen LogP contribution in [0.2, 0.25) is 0 Å². The molecule has 2 aromatic carbocycles. The summed E-state index contributed by atoms with van der Waals surface area (Å²) in [5, 5.41) is 2.78. The molecule has 0 aromatic heterocycles. The third kappa shape index (κ3) is 5.09. The lowest BCUT2D eigenvalue weighted by molar-refractivity contribution is -0.120. The predicted molar refractivity (Wildman–Crippen MR) is 107 cm³/mol. The molecule has 0 unspecified atom stereocenters. The van der Waals surface area contributed by atoms with Crippen molar-refractivity contribution in [1.82, 2.24) is 5.32 Å². The van der Waals surface area contributed by atoms with Crippen LogP contribution >= 0.6 is 15.9 Å². The zero-order valence-electron chi connectivity index (χ0n) is 14.7. The van der Waals surface area contributed by atoms with Crippen molar-refractivity contribution in [2.45, 2.75) is 23.8 Å². The van der Waals surface area contributed by atoms with Gasteiger partial charge in [-0.2, -0.15) is 0 Å². The van der Waals surface area contributed by atoms with Crippen LogP contribution in [-0.4, -0.2) is 40.1 Å². The molecule has 1 aliphatic rings. The van der Waals surface area contributed by atoms with E-state index in [2.05, 4.69) is 21.2 Å². The second-order valence-electron chi connectivity index (χ2n) is 6.24. The molecule has 1 saturated heterocycles. The van der Waals surface area contributed by atoms with Crippen molar-refractivity contribution < 1.29 is 17.9 Å². The van der Waals surface area contributed by atoms with Crippen LogP contribution < -0.4 is 9.62 Å². The molecule has 1 amide bonds. The highest BCUT2D eigenvalue weighted by atomic mass is 79.9. The Kier molecular flexibility index (Phi) is 6.51. The van der Waals surface area contributed by atoms with E-state index in [0.717, 1.165) is 21.6 Å². The van der Waals surface area contributed by atoms with Crippen LogP contribution in [-0.2, 0) is 19.6 Å². The number of benzene rings is 2. The molecule has 27 heavy (non-hydrogen) atoms. The van der Waals surface area contributed by atoms with Crippen molar-refractivity contribution in [3.8, 4) is 0 Å². The van der Waals surface area contributed by atoms with E-state index in [1.54, 1.807) is 42.5 Å². The van der Waals surface area contributed by atoms with E-state index < -0.39 is 10.0 Å². The molecule has 1 atom stereocenters. The highest BCUT2D eigenvalue weighted by Crippen LogP contribution is 2.25. The van der Waals surface area contributed by atoms with Gasteiger partial charge in [0, 0.05) is 17.6 Å². The lowest BCUT2D eigenvalue weighted by Crippen LogP contribution is -2.42. The number of sulfonamides is 1. The van der Waals surface area contributed by atoms with E-state index in [0.29, 0.717) is 18.8 Å². The van der Waals surface area contributed by atoms with E-state index in [4.69, 9.17) is 4.74 Å². The highest BCUT2D eigenvalue weighted by molar-refractivity contribution is 9.10. The van der Waals surface area contributed by atoms with Crippen molar-refractivity contribution in [1.29, 1.82) is 0 Å². The molecule has 1 heterocycles. The molecular formula is C19H21BrN2O4S. The minimum absolute atomic E-state index is 0.000751. The third-order valence-electron chi connectivity index (χ3n) is 4.28. The van der Waals surface area contributed by atoms with E-state index in [1.807, 2.05) is 0 Å². The molecule has 144 valence electrons. The summed E-state index contributed by atoms with van der Waals surface area (Å²) >= 11 is 3.34. The number of ether oxygens (including phenoxy) is 1. The van der Waals surface area contributed by atoms with Crippen molar-refractivity contribution in [2.75, 3.05) is 24.0 Å². The lowest BCUT2D eigenvalue weighted by atomic mass is 10.2. The number of nitrogens with zero attached hydrogens (tertiary/aromatic N) is 1. The molecule has 0 bridgehead atoms. The highest BCUT2D eigenvalue weighted by Gasteiger charge is 2.27. The first-order valence-corrected chi connectivity index (χ1v) is 10.9. The normalized spacial score (nSPS) is 16.9. The molecule has 0 aliphatic carbocycles. The standard InChI is InChI=1S/C19H21BrN2O4S/c20-15-8-10-16(11-9-15)22(27(24,25)18-6-2-1-3-7-18)14-19(23)21-13-17-5-4-12-26-17/h1-3,6-11,17H,4-5,12-14H2,(H,21,23)/t17-/m1/s1. The quantitative estimate of drug-likeness (QED) is 0.700. The van der Waals surface area contributed by atoms with Gasteiger partial charge in [-0.05, 0) is 49.2 Å². The summed E-state index contributed by atoms with van der Waals surface area (Å²) in [5.41, 5.74) is 0.425. The molecular weight excluding hydrogens is 432 g/mol. The molecule has 0 radical (unpaired) electrons. The van der Waals surface area contributed by atoms with Gasteiger partial charge in [0.05, 0.1) is 16.7 Å². The first-order chi connectivity index (χ1) is 13.0. The molecule has 1 N–H and O–H groups in total. The lowest BCUT2D eigenvalue weighted by Gasteiger charge is -2.24. The van der Waals surface area contributed by atoms with Gasteiger partial charge in [0.25, 0.3) is 10.0 Å². The summed E-state index contributed by atoms with van der Waals surface area (Å²) in [6.07, 6.45) is 1.88. The third-order valence-corrected chi connectivity index (χ3v) is 6.60. The molecule has 8 heteroatoms. The minimum atomic E-state index is -3.87. The van der Waals surface area contributed by atoms with Crippen LogP contribution in [0.1, 0.15) is 12.8 Å². The Hall–Kier alpha value is -1.90. The van der Waals surface area contributed by atoms with Crippen molar-refractivity contribution in [3.63, 3.8) is 0 Å². The van der Waals surface area contributed by atoms with Crippen molar-refractivity contribution in [2.24, 2.45) is 0 Å². The predicted octanol–water partition coefficient (Wildman–Crippen LogP) is 2.94. The van der Waals surface area contributed by atoms with Crippen LogP contribution in [0.15, 0.2) is 64.0 Å². The Labute approximate surface area is 167 Å². The van der Waals surface area contributed by atoms with E-state index in [9.17, 15) is 13.2 Å². The van der Waals surface area contributed by atoms with Gasteiger partial charge in [0.1, 0.15) is 6.54 Å². The summed E-state index contributed by atoms with van der Waals surface area (Å²) in [5.74, 6) is -0.368. The first kappa shape index (κ1) is 19.9. The number of carbonyl (C=O) groups excluding carboxylic acids is 1. The number of amides is 1. The van der Waals surface area contributed by atoms with Crippen LogP contribution in [0, 0.1) is 0 Å². The van der Waals surface area contributed by atoms with Crippen molar-refractivity contribution >= 4 is 37.5 Å². The fourth-order valence-corrected chi connectivity index (χ4v) is 4.57. The van der Waals surface area contributed by atoms with Gasteiger partial charge >= 0.3 is 0 Å². The summed E-state index contributed by atoms with van der Waals surface area (Å²) in [6, 6.07) is 14.9. The van der Waals surface area contributed by atoms with E-state index in [-0.39, 0.29) is 23.5 Å². The fourth-order valence-electron chi connectivity index (χ4n) is 2.86. The van der Waals surface area contributed by atoms with Crippen LogP contribution in [0.3, 0.4) is 0 Å². The maximum Gasteiger partial charge on any atom is 0.264 e. The zero-order valence-corrected chi connectivity index (χ0v) is 17.1. The number of halogens is 1. The topological polar surface area (TPSA) is 75.7 Å². The largest absolute Gasteiger partial charge is 0.376 e. The average Bonchev–Trinajstić information content (AvgIpc) is 3.19. The SMILES string of the molecule is O=C(CN(c1ccc(Br)cc1)S(=O)(=O)c1ccccc1)NC[C@H]1CCCO1. The molecule has 1 fully saturated rings. The number of hydrogen-bond acceptors (Lipinski definition) is 4. The van der Waals surface area contributed by atoms with E-state index in [1.165, 1.54) is 12.1 Å². The Bertz CT molecular complexity index is 866. The zero-order chi connectivity index (χ0) is 19.3. The summed E-state index contributed by atoms with van der Waals surface area (Å²) in [4.78, 5) is 12.6. The van der Waals surface area contributed by atoms with Gasteiger partial charge < -0.3 is 10.1 Å². The van der Waals surface area contributed by atoms with Gasteiger partial charge in [-0.3, -0.25) is 9.10 Å². The minimum Gasteiger partial charge on any atom is -0.376 e. The van der Waals surface area contributed by atoms with Gasteiger partial charge in [-0.1, -0.05) is 34.1 Å². The monoisotopic (exact) mass is 452 g/mol. The molecule has 1 aliphatic heterocycles. The van der Waals surface area contributed by atoms with Gasteiger partial charge in [-0.15, -0.1) is 0 Å². The molecule has 0 spiro atoms.